The van der Waals surface area contributed by atoms with Gasteiger partial charge in [0, 0.05) is 48.5 Å². The molecule has 2 fully saturated rings. The van der Waals surface area contributed by atoms with Crippen molar-refractivity contribution in [3.05, 3.63) is 60.8 Å². The molecule has 176 valence electrons. The molecule has 3 heterocycles. The van der Waals surface area contributed by atoms with Gasteiger partial charge in [0.1, 0.15) is 0 Å². The first-order valence-corrected chi connectivity index (χ1v) is 11.5. The van der Waals surface area contributed by atoms with E-state index in [1.807, 2.05) is 42.5 Å². The lowest BCUT2D eigenvalue weighted by Gasteiger charge is -2.28. The number of hydrogen-bond donors (Lipinski definition) is 4. The van der Waals surface area contributed by atoms with Crippen LogP contribution in [-0.2, 0) is 9.53 Å². The van der Waals surface area contributed by atoms with Crippen LogP contribution in [0.1, 0.15) is 6.42 Å². The van der Waals surface area contributed by atoms with Gasteiger partial charge in [-0.2, -0.15) is 0 Å². The summed E-state index contributed by atoms with van der Waals surface area (Å²) >= 11 is 0. The molecule has 2 atom stereocenters. The first-order valence-electron chi connectivity index (χ1n) is 11.5. The number of aliphatic hydroxyl groups is 1. The molecule has 0 unspecified atom stereocenters. The van der Waals surface area contributed by atoms with Crippen LogP contribution in [0, 0.1) is 0 Å². The Labute approximate surface area is 198 Å². The van der Waals surface area contributed by atoms with Crippen molar-refractivity contribution in [1.29, 1.82) is 0 Å². The molecule has 0 bridgehead atoms. The largest absolute Gasteiger partial charge is 0.392 e. The van der Waals surface area contributed by atoms with Crippen molar-refractivity contribution >= 4 is 28.9 Å². The molecule has 2 aliphatic heterocycles. The second-order valence-electron chi connectivity index (χ2n) is 8.45. The Hall–Kier alpha value is -3.53. The van der Waals surface area contributed by atoms with Gasteiger partial charge in [0.05, 0.1) is 31.1 Å². The Morgan fingerprint density at radius 3 is 2.47 bits per heavy atom. The Bertz CT molecular complexity index is 1120. The Balaban J connectivity index is 1.22. The van der Waals surface area contributed by atoms with Crippen LogP contribution in [0.15, 0.2) is 60.8 Å². The van der Waals surface area contributed by atoms with Crippen LogP contribution in [0.4, 0.5) is 23.0 Å². The lowest BCUT2D eigenvalue weighted by Crippen LogP contribution is -2.36. The summed E-state index contributed by atoms with van der Waals surface area (Å²) in [4.78, 5) is 23.6. The molecule has 1 aromatic heterocycles. The second kappa shape index (κ2) is 10.2. The number of nitrogens with zero attached hydrogens (tertiary/aromatic N) is 3. The number of morpholine rings is 1. The van der Waals surface area contributed by atoms with Crippen LogP contribution < -0.4 is 20.9 Å². The summed E-state index contributed by atoms with van der Waals surface area (Å²) in [5, 5.41) is 18.8. The first kappa shape index (κ1) is 22.3. The number of nitrogens with one attached hydrogen (secondary N) is 3. The van der Waals surface area contributed by atoms with E-state index >= 15 is 0 Å². The summed E-state index contributed by atoms with van der Waals surface area (Å²) in [6.45, 7) is 3.77. The molecule has 3 aromatic rings. The van der Waals surface area contributed by atoms with E-state index in [0.29, 0.717) is 24.6 Å². The number of aromatic nitrogens is 2. The smallest absolute Gasteiger partial charge is 0.241 e. The van der Waals surface area contributed by atoms with Gasteiger partial charge in [-0.15, -0.1) is 0 Å². The molecule has 5 rings (SSSR count). The fourth-order valence-electron chi connectivity index (χ4n) is 4.16. The minimum Gasteiger partial charge on any atom is -0.392 e. The molecule has 0 saturated carbocycles. The monoisotopic (exact) mass is 460 g/mol. The van der Waals surface area contributed by atoms with Crippen LogP contribution >= 0.6 is 0 Å². The molecule has 0 spiro atoms. The highest BCUT2D eigenvalue weighted by atomic mass is 16.5. The summed E-state index contributed by atoms with van der Waals surface area (Å²) in [5.41, 5.74) is 4.49. The molecule has 4 N–H and O–H groups in total. The average Bonchev–Trinajstić information content (AvgIpc) is 3.32. The van der Waals surface area contributed by atoms with Crippen LogP contribution in [-0.4, -0.2) is 66.0 Å². The Kier molecular flexibility index (Phi) is 6.66. The highest BCUT2D eigenvalue weighted by Gasteiger charge is 2.27. The number of benzene rings is 2. The van der Waals surface area contributed by atoms with Gasteiger partial charge < -0.3 is 30.7 Å². The first-order chi connectivity index (χ1) is 16.6. The highest BCUT2D eigenvalue weighted by Crippen LogP contribution is 2.24. The molecule has 1 amide bonds. The zero-order valence-electron chi connectivity index (χ0n) is 18.8. The van der Waals surface area contributed by atoms with Crippen molar-refractivity contribution in [3.63, 3.8) is 0 Å². The van der Waals surface area contributed by atoms with Crippen LogP contribution in [0.3, 0.4) is 0 Å². The summed E-state index contributed by atoms with van der Waals surface area (Å²) in [6, 6.07) is 17.2. The van der Waals surface area contributed by atoms with Gasteiger partial charge in [0.2, 0.25) is 11.9 Å². The van der Waals surface area contributed by atoms with Crippen molar-refractivity contribution < 1.29 is 14.6 Å². The molecule has 2 saturated heterocycles. The van der Waals surface area contributed by atoms with Gasteiger partial charge in [0.25, 0.3) is 0 Å². The summed E-state index contributed by atoms with van der Waals surface area (Å²) in [5.74, 6) is 0.373. The van der Waals surface area contributed by atoms with Crippen molar-refractivity contribution in [1.82, 2.24) is 15.3 Å². The molecule has 0 radical (unpaired) electrons. The van der Waals surface area contributed by atoms with Gasteiger partial charge in [-0.25, -0.2) is 9.97 Å². The van der Waals surface area contributed by atoms with E-state index in [4.69, 9.17) is 4.74 Å². The number of rotatable bonds is 6. The number of ether oxygens (including phenoxy) is 1. The molecule has 9 nitrogen and oxygen atoms in total. The van der Waals surface area contributed by atoms with Gasteiger partial charge in [-0.3, -0.25) is 4.79 Å². The lowest BCUT2D eigenvalue weighted by atomic mass is 10.1. The van der Waals surface area contributed by atoms with Crippen LogP contribution in [0.2, 0.25) is 0 Å². The van der Waals surface area contributed by atoms with Crippen LogP contribution in [0.5, 0.6) is 0 Å². The fraction of sp³-hybridized carbons (Fsp3) is 0.320. The number of carbonyl (C=O) groups is 1. The van der Waals surface area contributed by atoms with E-state index in [2.05, 4.69) is 43.0 Å². The summed E-state index contributed by atoms with van der Waals surface area (Å²) in [6.07, 6.45) is 1.68. The van der Waals surface area contributed by atoms with Gasteiger partial charge >= 0.3 is 0 Å². The minimum absolute atomic E-state index is 0.141. The third-order valence-corrected chi connectivity index (χ3v) is 6.03. The van der Waals surface area contributed by atoms with Crippen LogP contribution in [0.25, 0.3) is 11.3 Å². The maximum atomic E-state index is 12.3. The highest BCUT2D eigenvalue weighted by molar-refractivity contribution is 5.95. The molecular weight excluding hydrogens is 432 g/mol. The topological polar surface area (TPSA) is 112 Å². The van der Waals surface area contributed by atoms with E-state index in [-0.39, 0.29) is 11.9 Å². The molecule has 2 aromatic carbocycles. The lowest BCUT2D eigenvalue weighted by molar-refractivity contribution is -0.117. The van der Waals surface area contributed by atoms with E-state index in [9.17, 15) is 9.90 Å². The van der Waals surface area contributed by atoms with E-state index < -0.39 is 6.10 Å². The SMILES string of the molecule is O=C(Nc1ccc(-c2ccnc(Nc3ccc(N4CCOCC4)cc3)n2)cc1)[C@@H]1C[C@H](O)CN1. The Morgan fingerprint density at radius 2 is 1.76 bits per heavy atom. The van der Waals surface area contributed by atoms with Gasteiger partial charge in [-0.1, -0.05) is 12.1 Å². The van der Waals surface area contributed by atoms with Crippen molar-refractivity contribution in [2.45, 2.75) is 18.6 Å². The van der Waals surface area contributed by atoms with E-state index in [0.717, 1.165) is 43.2 Å². The fourth-order valence-corrected chi connectivity index (χ4v) is 4.16. The molecule has 9 heteroatoms. The summed E-state index contributed by atoms with van der Waals surface area (Å²) < 4.78 is 5.42. The second-order valence-corrected chi connectivity index (χ2v) is 8.45. The number of β-amino-alcohol motifs (C(OH)–C–C–N with tert-alkyl or cyclic N) is 1. The predicted octanol–water partition coefficient (Wildman–Crippen LogP) is 2.39. The zero-order chi connectivity index (χ0) is 23.3. The number of hydrogen-bond acceptors (Lipinski definition) is 8. The van der Waals surface area contributed by atoms with Crippen molar-refractivity contribution in [3.8, 4) is 11.3 Å². The molecule has 0 aliphatic carbocycles. The van der Waals surface area contributed by atoms with Crippen molar-refractivity contribution in [2.75, 3.05) is 48.4 Å². The predicted molar refractivity (Wildman–Crippen MR) is 131 cm³/mol. The summed E-state index contributed by atoms with van der Waals surface area (Å²) in [7, 11) is 0. The average molecular weight is 461 g/mol. The van der Waals surface area contributed by atoms with E-state index in [1.54, 1.807) is 6.20 Å². The third kappa shape index (κ3) is 5.33. The van der Waals surface area contributed by atoms with Crippen molar-refractivity contribution in [2.24, 2.45) is 0 Å². The number of carbonyl (C=O) groups excluding carboxylic acids is 1. The molecule has 2 aliphatic rings. The zero-order valence-corrected chi connectivity index (χ0v) is 18.8. The minimum atomic E-state index is -0.471. The number of anilines is 4. The Morgan fingerprint density at radius 1 is 1.03 bits per heavy atom. The standard InChI is InChI=1S/C25H28N6O3/c32-21-15-23(27-16-21)24(33)28-18-3-1-17(2-4-18)22-9-10-26-25(30-22)29-19-5-7-20(8-6-19)31-11-13-34-14-12-31/h1-10,21,23,27,32H,11-16H2,(H,28,33)(H,26,29,30)/t21-,23-/m0/s1. The molecule has 34 heavy (non-hydrogen) atoms. The quantitative estimate of drug-likeness (QED) is 0.444. The van der Waals surface area contributed by atoms with Gasteiger partial charge in [-0.05, 0) is 48.9 Å². The molecular formula is C25H28N6O3. The van der Waals surface area contributed by atoms with E-state index in [1.165, 1.54) is 5.69 Å². The third-order valence-electron chi connectivity index (χ3n) is 6.03. The number of aliphatic hydroxyl groups excluding tert-OH is 1. The number of amides is 1. The maximum absolute atomic E-state index is 12.3. The normalized spacial score (nSPS) is 20.2. The van der Waals surface area contributed by atoms with Gasteiger partial charge in [0.15, 0.2) is 0 Å². The maximum Gasteiger partial charge on any atom is 0.241 e.